The number of aryl methyl sites for hydroxylation is 2. The van der Waals surface area contributed by atoms with Crippen molar-refractivity contribution in [2.45, 2.75) is 20.4 Å². The summed E-state index contributed by atoms with van der Waals surface area (Å²) in [5.74, 6) is -0.224. The number of amides is 1. The summed E-state index contributed by atoms with van der Waals surface area (Å²) in [6.45, 7) is 4.67. The Morgan fingerprint density at radius 1 is 0.920 bits per heavy atom. The molecule has 2 N–H and O–H groups in total. The SMILES string of the molecule is Cc1cc(C)cc(NC(=O)c2cc(NCc3ccncc3)ccn2)c1. The summed E-state index contributed by atoms with van der Waals surface area (Å²) >= 11 is 0. The van der Waals surface area contributed by atoms with Gasteiger partial charge in [-0.05, 0) is 66.9 Å². The van der Waals surface area contributed by atoms with Gasteiger partial charge in [-0.3, -0.25) is 14.8 Å². The van der Waals surface area contributed by atoms with Gasteiger partial charge in [-0.15, -0.1) is 0 Å². The van der Waals surface area contributed by atoms with Gasteiger partial charge in [0.15, 0.2) is 0 Å². The smallest absolute Gasteiger partial charge is 0.274 e. The second kappa shape index (κ2) is 7.57. The van der Waals surface area contributed by atoms with Crippen LogP contribution in [-0.4, -0.2) is 15.9 Å². The average molecular weight is 332 g/mol. The number of benzene rings is 1. The molecule has 1 amide bonds. The molecule has 5 heteroatoms. The molecule has 2 heterocycles. The van der Waals surface area contributed by atoms with Gasteiger partial charge in [0.1, 0.15) is 5.69 Å². The maximum atomic E-state index is 12.5. The first-order valence-electron chi connectivity index (χ1n) is 8.08. The van der Waals surface area contributed by atoms with Crippen LogP contribution in [0, 0.1) is 13.8 Å². The van der Waals surface area contributed by atoms with Gasteiger partial charge >= 0.3 is 0 Å². The van der Waals surface area contributed by atoms with Crippen LogP contribution in [0.5, 0.6) is 0 Å². The van der Waals surface area contributed by atoms with Crippen molar-refractivity contribution in [3.05, 3.63) is 83.4 Å². The van der Waals surface area contributed by atoms with Crippen LogP contribution in [0.3, 0.4) is 0 Å². The Bertz CT molecular complexity index is 858. The highest BCUT2D eigenvalue weighted by molar-refractivity contribution is 6.03. The van der Waals surface area contributed by atoms with Gasteiger partial charge < -0.3 is 10.6 Å². The second-order valence-electron chi connectivity index (χ2n) is 5.97. The van der Waals surface area contributed by atoms with Crippen LogP contribution in [0.15, 0.2) is 61.1 Å². The first kappa shape index (κ1) is 16.6. The highest BCUT2D eigenvalue weighted by Crippen LogP contribution is 2.16. The summed E-state index contributed by atoms with van der Waals surface area (Å²) in [5, 5.41) is 6.19. The number of carbonyl (C=O) groups excluding carboxylic acids is 1. The molecular formula is C20H20N4O. The van der Waals surface area contributed by atoms with Crippen molar-refractivity contribution in [2.75, 3.05) is 10.6 Å². The Morgan fingerprint density at radius 2 is 1.64 bits per heavy atom. The largest absolute Gasteiger partial charge is 0.381 e. The number of hydrogen-bond donors (Lipinski definition) is 2. The van der Waals surface area contributed by atoms with E-state index in [0.29, 0.717) is 12.2 Å². The van der Waals surface area contributed by atoms with Crippen LogP contribution in [0.1, 0.15) is 27.2 Å². The fourth-order valence-electron chi connectivity index (χ4n) is 2.61. The molecule has 25 heavy (non-hydrogen) atoms. The van der Waals surface area contributed by atoms with Crippen molar-refractivity contribution >= 4 is 17.3 Å². The van der Waals surface area contributed by atoms with Gasteiger partial charge in [0.05, 0.1) is 0 Å². The molecule has 126 valence electrons. The van der Waals surface area contributed by atoms with Crippen molar-refractivity contribution < 1.29 is 4.79 Å². The molecule has 0 fully saturated rings. The van der Waals surface area contributed by atoms with E-state index in [1.54, 1.807) is 24.7 Å². The molecule has 0 atom stereocenters. The van der Waals surface area contributed by atoms with Crippen molar-refractivity contribution in [3.63, 3.8) is 0 Å². The van der Waals surface area contributed by atoms with Crippen molar-refractivity contribution in [3.8, 4) is 0 Å². The van der Waals surface area contributed by atoms with E-state index in [0.717, 1.165) is 28.1 Å². The average Bonchev–Trinajstić information content (AvgIpc) is 2.60. The summed E-state index contributed by atoms with van der Waals surface area (Å²) in [7, 11) is 0. The minimum Gasteiger partial charge on any atom is -0.381 e. The van der Waals surface area contributed by atoms with Crippen molar-refractivity contribution in [1.82, 2.24) is 9.97 Å². The number of carbonyl (C=O) groups is 1. The summed E-state index contributed by atoms with van der Waals surface area (Å²) in [4.78, 5) is 20.6. The third kappa shape index (κ3) is 4.64. The van der Waals surface area contributed by atoms with E-state index in [4.69, 9.17) is 0 Å². The molecule has 0 saturated heterocycles. The van der Waals surface area contributed by atoms with E-state index in [9.17, 15) is 4.79 Å². The molecule has 0 unspecified atom stereocenters. The standard InChI is InChI=1S/C20H20N4O/c1-14-9-15(2)11-18(10-14)24-20(25)19-12-17(5-8-22-19)23-13-16-3-6-21-7-4-16/h3-12H,13H2,1-2H3,(H,22,23)(H,24,25). The Kier molecular flexibility index (Phi) is 5.04. The predicted molar refractivity (Wildman–Crippen MR) is 99.7 cm³/mol. The molecule has 1 aromatic carbocycles. The molecular weight excluding hydrogens is 312 g/mol. The fraction of sp³-hybridized carbons (Fsp3) is 0.150. The number of pyridine rings is 2. The van der Waals surface area contributed by atoms with Gasteiger partial charge in [-0.1, -0.05) is 6.07 Å². The zero-order chi connectivity index (χ0) is 17.6. The molecule has 0 radical (unpaired) electrons. The molecule has 0 aliphatic carbocycles. The van der Waals surface area contributed by atoms with E-state index < -0.39 is 0 Å². The van der Waals surface area contributed by atoms with Gasteiger partial charge in [0.2, 0.25) is 0 Å². The van der Waals surface area contributed by atoms with Crippen LogP contribution in [0.25, 0.3) is 0 Å². The van der Waals surface area contributed by atoms with Crippen molar-refractivity contribution in [2.24, 2.45) is 0 Å². The third-order valence-electron chi connectivity index (χ3n) is 3.72. The molecule has 3 aromatic rings. The summed E-state index contributed by atoms with van der Waals surface area (Å²) < 4.78 is 0. The molecule has 0 saturated carbocycles. The lowest BCUT2D eigenvalue weighted by Crippen LogP contribution is -2.14. The summed E-state index contributed by atoms with van der Waals surface area (Å²) in [6, 6.07) is 13.4. The molecule has 0 aliphatic rings. The number of nitrogens with one attached hydrogen (secondary N) is 2. The molecule has 3 rings (SSSR count). The van der Waals surface area contributed by atoms with Crippen LogP contribution < -0.4 is 10.6 Å². The first-order chi connectivity index (χ1) is 12.1. The minimum absolute atomic E-state index is 0.224. The second-order valence-corrected chi connectivity index (χ2v) is 5.97. The normalized spacial score (nSPS) is 10.3. The summed E-state index contributed by atoms with van der Waals surface area (Å²) in [5.41, 5.74) is 5.33. The van der Waals surface area contributed by atoms with Crippen molar-refractivity contribution in [1.29, 1.82) is 0 Å². The van der Waals surface area contributed by atoms with Gasteiger partial charge in [0, 0.05) is 36.5 Å². The molecule has 5 nitrogen and oxygen atoms in total. The Hall–Kier alpha value is -3.21. The van der Waals surface area contributed by atoms with E-state index in [2.05, 4.69) is 26.7 Å². The number of aromatic nitrogens is 2. The number of anilines is 2. The molecule has 2 aromatic heterocycles. The van der Waals surface area contributed by atoms with Gasteiger partial charge in [-0.25, -0.2) is 0 Å². The van der Waals surface area contributed by atoms with Crippen LogP contribution in [0.2, 0.25) is 0 Å². The van der Waals surface area contributed by atoms with Crippen LogP contribution >= 0.6 is 0 Å². The van der Waals surface area contributed by atoms with E-state index in [-0.39, 0.29) is 5.91 Å². The van der Waals surface area contributed by atoms with Crippen LogP contribution in [-0.2, 0) is 6.54 Å². The molecule has 0 bridgehead atoms. The van der Waals surface area contributed by atoms with E-state index in [1.807, 2.05) is 44.2 Å². The van der Waals surface area contributed by atoms with E-state index in [1.165, 1.54) is 0 Å². The topological polar surface area (TPSA) is 66.9 Å². The molecule has 0 spiro atoms. The summed E-state index contributed by atoms with van der Waals surface area (Å²) in [6.07, 6.45) is 5.14. The number of nitrogens with zero attached hydrogens (tertiary/aromatic N) is 2. The number of hydrogen-bond acceptors (Lipinski definition) is 4. The van der Waals surface area contributed by atoms with E-state index >= 15 is 0 Å². The maximum absolute atomic E-state index is 12.5. The lowest BCUT2D eigenvalue weighted by molar-refractivity contribution is 0.102. The zero-order valence-corrected chi connectivity index (χ0v) is 14.3. The Balaban J connectivity index is 1.68. The first-order valence-corrected chi connectivity index (χ1v) is 8.08. The highest BCUT2D eigenvalue weighted by Gasteiger charge is 2.09. The maximum Gasteiger partial charge on any atom is 0.274 e. The monoisotopic (exact) mass is 332 g/mol. The zero-order valence-electron chi connectivity index (χ0n) is 14.3. The highest BCUT2D eigenvalue weighted by atomic mass is 16.1. The Morgan fingerprint density at radius 3 is 2.36 bits per heavy atom. The van der Waals surface area contributed by atoms with Gasteiger partial charge in [0.25, 0.3) is 5.91 Å². The van der Waals surface area contributed by atoms with Gasteiger partial charge in [-0.2, -0.15) is 0 Å². The minimum atomic E-state index is -0.224. The lowest BCUT2D eigenvalue weighted by Gasteiger charge is -2.09. The molecule has 0 aliphatic heterocycles. The lowest BCUT2D eigenvalue weighted by atomic mass is 10.1. The number of rotatable bonds is 5. The quantitative estimate of drug-likeness (QED) is 0.742. The Labute approximate surface area is 147 Å². The fourth-order valence-corrected chi connectivity index (χ4v) is 2.61. The van der Waals surface area contributed by atoms with Crippen LogP contribution in [0.4, 0.5) is 11.4 Å². The third-order valence-corrected chi connectivity index (χ3v) is 3.72. The predicted octanol–water partition coefficient (Wildman–Crippen LogP) is 3.96.